The van der Waals surface area contributed by atoms with E-state index >= 15 is 0 Å². The van der Waals surface area contributed by atoms with Crippen molar-refractivity contribution in [2.24, 2.45) is 7.05 Å². The predicted molar refractivity (Wildman–Crippen MR) is 62.1 cm³/mol. The summed E-state index contributed by atoms with van der Waals surface area (Å²) in [5, 5.41) is 3.96. The number of para-hydroxylation sites is 1. The number of anilines is 1. The molecule has 1 aromatic carbocycles. The van der Waals surface area contributed by atoms with Crippen molar-refractivity contribution in [1.82, 2.24) is 9.78 Å². The fraction of sp³-hybridized carbons (Fsp3) is 0.167. The van der Waals surface area contributed by atoms with Crippen molar-refractivity contribution in [1.29, 1.82) is 0 Å². The third-order valence-electron chi connectivity index (χ3n) is 2.48. The molecular formula is C12H12FN3O. The average molecular weight is 233 g/mol. The smallest absolute Gasteiger partial charge is 0.169 e. The molecule has 17 heavy (non-hydrogen) atoms. The van der Waals surface area contributed by atoms with Gasteiger partial charge in [0.1, 0.15) is 5.82 Å². The number of nitrogens with zero attached hydrogens (tertiary/aromatic N) is 2. The lowest BCUT2D eigenvalue weighted by atomic mass is 10.0. The third-order valence-corrected chi connectivity index (χ3v) is 2.48. The number of hydrogen-bond acceptors (Lipinski definition) is 3. The Bertz CT molecular complexity index is 563. The lowest BCUT2D eigenvalue weighted by Gasteiger charge is -2.04. The second-order valence-corrected chi connectivity index (χ2v) is 3.82. The van der Waals surface area contributed by atoms with Crippen molar-refractivity contribution >= 4 is 11.5 Å². The molecule has 1 aromatic heterocycles. The highest BCUT2D eigenvalue weighted by molar-refractivity contribution is 6.01. The monoisotopic (exact) mass is 233 g/mol. The molecule has 0 aliphatic heterocycles. The molecule has 0 atom stereocenters. The number of carbonyl (C=O) groups excluding carboxylic acids is 1. The van der Waals surface area contributed by atoms with E-state index in [2.05, 4.69) is 5.10 Å². The zero-order chi connectivity index (χ0) is 12.4. The standard InChI is InChI=1S/C12H12FN3O/c1-16-7-8(6-15-16)5-11(17)9-3-2-4-10(13)12(9)14/h2-4,6-7H,5,14H2,1H3. The van der Waals surface area contributed by atoms with E-state index in [1.54, 1.807) is 24.1 Å². The molecule has 0 saturated heterocycles. The summed E-state index contributed by atoms with van der Waals surface area (Å²) < 4.78 is 14.8. The molecule has 0 aliphatic rings. The number of aromatic nitrogens is 2. The zero-order valence-electron chi connectivity index (χ0n) is 9.35. The maximum absolute atomic E-state index is 13.2. The van der Waals surface area contributed by atoms with Crippen LogP contribution in [0.5, 0.6) is 0 Å². The first-order valence-corrected chi connectivity index (χ1v) is 5.12. The van der Waals surface area contributed by atoms with Crippen LogP contribution >= 0.6 is 0 Å². The maximum Gasteiger partial charge on any atom is 0.169 e. The number of rotatable bonds is 3. The van der Waals surface area contributed by atoms with Crippen LogP contribution in [0.15, 0.2) is 30.6 Å². The van der Waals surface area contributed by atoms with Crippen molar-refractivity contribution in [3.63, 3.8) is 0 Å². The molecule has 0 saturated carbocycles. The Morgan fingerprint density at radius 3 is 2.94 bits per heavy atom. The van der Waals surface area contributed by atoms with Gasteiger partial charge in [0, 0.05) is 25.2 Å². The number of benzene rings is 1. The number of ketones is 1. The van der Waals surface area contributed by atoms with Crippen LogP contribution in [-0.4, -0.2) is 15.6 Å². The summed E-state index contributed by atoms with van der Waals surface area (Å²) in [6.45, 7) is 0. The van der Waals surface area contributed by atoms with Gasteiger partial charge in [0.2, 0.25) is 0 Å². The lowest BCUT2D eigenvalue weighted by molar-refractivity contribution is 0.0993. The number of aryl methyl sites for hydroxylation is 1. The Hall–Kier alpha value is -2.17. The van der Waals surface area contributed by atoms with Gasteiger partial charge in [0.05, 0.1) is 11.9 Å². The van der Waals surface area contributed by atoms with Crippen molar-refractivity contribution in [2.45, 2.75) is 6.42 Å². The van der Waals surface area contributed by atoms with Gasteiger partial charge in [-0.1, -0.05) is 6.07 Å². The quantitative estimate of drug-likeness (QED) is 0.646. The van der Waals surface area contributed by atoms with E-state index in [4.69, 9.17) is 5.73 Å². The molecule has 2 aromatic rings. The van der Waals surface area contributed by atoms with Crippen LogP contribution in [0.3, 0.4) is 0 Å². The van der Waals surface area contributed by atoms with Gasteiger partial charge in [-0.25, -0.2) is 4.39 Å². The number of nitrogens with two attached hydrogens (primary N) is 1. The van der Waals surface area contributed by atoms with Crippen LogP contribution in [0.4, 0.5) is 10.1 Å². The molecule has 2 N–H and O–H groups in total. The zero-order valence-corrected chi connectivity index (χ0v) is 9.35. The van der Waals surface area contributed by atoms with Gasteiger partial charge in [-0.15, -0.1) is 0 Å². The minimum Gasteiger partial charge on any atom is -0.396 e. The van der Waals surface area contributed by atoms with Crippen molar-refractivity contribution < 1.29 is 9.18 Å². The van der Waals surface area contributed by atoms with E-state index in [1.165, 1.54) is 18.2 Å². The molecular weight excluding hydrogens is 221 g/mol. The summed E-state index contributed by atoms with van der Waals surface area (Å²) in [6, 6.07) is 4.23. The normalized spacial score (nSPS) is 10.5. The number of nitrogen functional groups attached to an aromatic ring is 1. The first-order valence-electron chi connectivity index (χ1n) is 5.12. The highest BCUT2D eigenvalue weighted by Crippen LogP contribution is 2.17. The first-order chi connectivity index (χ1) is 8.08. The molecule has 4 nitrogen and oxygen atoms in total. The first kappa shape index (κ1) is 11.3. The summed E-state index contributed by atoms with van der Waals surface area (Å²) in [5.41, 5.74) is 6.43. The third kappa shape index (κ3) is 2.33. The van der Waals surface area contributed by atoms with Gasteiger partial charge in [-0.05, 0) is 17.7 Å². The molecule has 0 aliphatic carbocycles. The van der Waals surface area contributed by atoms with E-state index in [0.29, 0.717) is 0 Å². The van der Waals surface area contributed by atoms with E-state index in [1.807, 2.05) is 0 Å². The largest absolute Gasteiger partial charge is 0.396 e. The molecule has 88 valence electrons. The summed E-state index contributed by atoms with van der Waals surface area (Å²) >= 11 is 0. The number of halogens is 1. The van der Waals surface area contributed by atoms with Gasteiger partial charge in [0.15, 0.2) is 5.78 Å². The SMILES string of the molecule is Cn1cc(CC(=O)c2cccc(F)c2N)cn1. The van der Waals surface area contributed by atoms with E-state index in [9.17, 15) is 9.18 Å². The molecule has 2 rings (SSSR count). The molecule has 0 spiro atoms. The van der Waals surface area contributed by atoms with Crippen molar-refractivity contribution in [3.05, 3.63) is 47.5 Å². The molecule has 0 radical (unpaired) electrons. The summed E-state index contributed by atoms with van der Waals surface area (Å²) in [5.74, 6) is -0.781. The second-order valence-electron chi connectivity index (χ2n) is 3.82. The van der Waals surface area contributed by atoms with E-state index < -0.39 is 5.82 Å². The van der Waals surface area contributed by atoms with Gasteiger partial charge in [0.25, 0.3) is 0 Å². The number of carbonyl (C=O) groups is 1. The van der Waals surface area contributed by atoms with Gasteiger partial charge >= 0.3 is 0 Å². The Morgan fingerprint density at radius 1 is 1.53 bits per heavy atom. The van der Waals surface area contributed by atoms with Gasteiger partial charge in [-0.2, -0.15) is 5.10 Å². The highest BCUT2D eigenvalue weighted by Gasteiger charge is 2.13. The van der Waals surface area contributed by atoms with E-state index in [-0.39, 0.29) is 23.5 Å². The summed E-state index contributed by atoms with van der Waals surface area (Å²) in [6.07, 6.45) is 3.52. The Morgan fingerprint density at radius 2 is 2.29 bits per heavy atom. The molecule has 0 bridgehead atoms. The molecule has 0 amide bonds. The molecule has 0 fully saturated rings. The predicted octanol–water partition coefficient (Wildman–Crippen LogP) is 1.57. The van der Waals surface area contributed by atoms with Crippen LogP contribution in [0, 0.1) is 5.82 Å². The van der Waals surface area contributed by atoms with E-state index in [0.717, 1.165) is 5.56 Å². The molecule has 0 unspecified atom stereocenters. The Balaban J connectivity index is 2.23. The van der Waals surface area contributed by atoms with Gasteiger partial charge in [-0.3, -0.25) is 9.48 Å². The second kappa shape index (κ2) is 4.37. The van der Waals surface area contributed by atoms with Crippen LogP contribution in [0.1, 0.15) is 15.9 Å². The Kier molecular flexibility index (Phi) is 2.91. The van der Waals surface area contributed by atoms with Crippen molar-refractivity contribution in [3.8, 4) is 0 Å². The topological polar surface area (TPSA) is 60.9 Å². The Labute approximate surface area is 97.9 Å². The lowest BCUT2D eigenvalue weighted by Crippen LogP contribution is -2.08. The van der Waals surface area contributed by atoms with Crippen LogP contribution < -0.4 is 5.73 Å². The fourth-order valence-electron chi connectivity index (χ4n) is 1.62. The average Bonchev–Trinajstić information content (AvgIpc) is 2.68. The highest BCUT2D eigenvalue weighted by atomic mass is 19.1. The maximum atomic E-state index is 13.2. The minimum absolute atomic E-state index is 0.0959. The fourth-order valence-corrected chi connectivity index (χ4v) is 1.62. The van der Waals surface area contributed by atoms with Crippen molar-refractivity contribution in [2.75, 3.05) is 5.73 Å². The molecule has 1 heterocycles. The minimum atomic E-state index is -0.568. The summed E-state index contributed by atoms with van der Waals surface area (Å²) in [4.78, 5) is 11.9. The van der Waals surface area contributed by atoms with Crippen LogP contribution in [-0.2, 0) is 13.5 Å². The number of hydrogen-bond donors (Lipinski definition) is 1. The summed E-state index contributed by atoms with van der Waals surface area (Å²) in [7, 11) is 1.77. The van der Waals surface area contributed by atoms with Gasteiger partial charge < -0.3 is 5.73 Å². The molecule has 5 heteroatoms. The number of Topliss-reactive ketones (excluding diaryl/α,β-unsaturated/α-hetero) is 1. The van der Waals surface area contributed by atoms with Crippen LogP contribution in [0.25, 0.3) is 0 Å². The van der Waals surface area contributed by atoms with Crippen LogP contribution in [0.2, 0.25) is 0 Å².